The van der Waals surface area contributed by atoms with Gasteiger partial charge in [-0.05, 0) is 25.5 Å². The summed E-state index contributed by atoms with van der Waals surface area (Å²) < 4.78 is 11.0. The molecular weight excluding hydrogens is 285 g/mol. The van der Waals surface area contributed by atoms with E-state index in [1.165, 1.54) is 0 Å². The molecule has 0 fully saturated rings. The third-order valence-electron chi connectivity index (χ3n) is 2.73. The van der Waals surface area contributed by atoms with Crippen molar-refractivity contribution in [1.29, 1.82) is 0 Å². The normalized spacial score (nSPS) is 12.4. The maximum absolute atomic E-state index is 5.98. The fraction of sp³-hybridized carbons (Fsp3) is 0.571. The number of rotatable bonds is 9. The van der Waals surface area contributed by atoms with Gasteiger partial charge in [-0.25, -0.2) is 0 Å². The minimum atomic E-state index is 0.462. The summed E-state index contributed by atoms with van der Waals surface area (Å²) in [6.07, 6.45) is 1.12. The summed E-state index contributed by atoms with van der Waals surface area (Å²) in [6.45, 7) is 6.84. The molecule has 19 heavy (non-hydrogen) atoms. The molecule has 0 aliphatic rings. The van der Waals surface area contributed by atoms with Crippen LogP contribution in [0.15, 0.2) is 18.2 Å². The smallest absolute Gasteiger partial charge is 0.139 e. The molecular formula is C14H21Cl2NO2. The highest BCUT2D eigenvalue weighted by Gasteiger charge is 2.02. The quantitative estimate of drug-likeness (QED) is 0.704. The predicted molar refractivity (Wildman–Crippen MR) is 80.5 cm³/mol. The number of nitrogens with one attached hydrogen (secondary N) is 1. The minimum Gasteiger partial charge on any atom is -0.490 e. The topological polar surface area (TPSA) is 30.5 Å². The molecule has 108 valence electrons. The number of halogens is 2. The fourth-order valence-corrected chi connectivity index (χ4v) is 1.76. The van der Waals surface area contributed by atoms with Crippen molar-refractivity contribution in [3.8, 4) is 5.75 Å². The van der Waals surface area contributed by atoms with E-state index >= 15 is 0 Å². The number of ether oxygens (including phenoxy) is 2. The first kappa shape index (κ1) is 16.6. The molecule has 0 unspecified atom stereocenters. The number of hydrogen-bond donors (Lipinski definition) is 1. The average Bonchev–Trinajstić information content (AvgIpc) is 2.41. The summed E-state index contributed by atoms with van der Waals surface area (Å²) in [5.74, 6) is 0.593. The van der Waals surface area contributed by atoms with Gasteiger partial charge in [-0.15, -0.1) is 0 Å². The van der Waals surface area contributed by atoms with E-state index in [-0.39, 0.29) is 0 Å². The van der Waals surface area contributed by atoms with Gasteiger partial charge in [0.25, 0.3) is 0 Å². The highest BCUT2D eigenvalue weighted by Crippen LogP contribution is 2.27. The van der Waals surface area contributed by atoms with Gasteiger partial charge in [0.2, 0.25) is 0 Å². The van der Waals surface area contributed by atoms with Crippen LogP contribution in [-0.2, 0) is 4.74 Å². The van der Waals surface area contributed by atoms with Crippen molar-refractivity contribution in [3.63, 3.8) is 0 Å². The van der Waals surface area contributed by atoms with Crippen molar-refractivity contribution in [2.45, 2.75) is 26.3 Å². The van der Waals surface area contributed by atoms with Crippen molar-refractivity contribution in [2.75, 3.05) is 26.4 Å². The van der Waals surface area contributed by atoms with E-state index in [9.17, 15) is 0 Å². The lowest BCUT2D eigenvalue weighted by Gasteiger charge is -2.12. The second-order valence-corrected chi connectivity index (χ2v) is 5.14. The zero-order chi connectivity index (χ0) is 14.1. The molecule has 0 amide bonds. The Labute approximate surface area is 125 Å². The SMILES string of the molecule is CC[C@H](C)NCCOCCOc1cc(Cl)ccc1Cl. The fourth-order valence-electron chi connectivity index (χ4n) is 1.42. The molecule has 0 heterocycles. The Kier molecular flexibility index (Phi) is 8.22. The maximum atomic E-state index is 5.98. The molecule has 0 bridgehead atoms. The van der Waals surface area contributed by atoms with E-state index in [0.717, 1.165) is 13.0 Å². The van der Waals surface area contributed by atoms with E-state index in [2.05, 4.69) is 19.2 Å². The Bertz CT molecular complexity index is 374. The lowest BCUT2D eigenvalue weighted by atomic mass is 10.3. The third-order valence-corrected chi connectivity index (χ3v) is 3.28. The van der Waals surface area contributed by atoms with E-state index in [1.54, 1.807) is 18.2 Å². The zero-order valence-electron chi connectivity index (χ0n) is 11.4. The van der Waals surface area contributed by atoms with E-state index in [0.29, 0.717) is 41.7 Å². The Morgan fingerprint density at radius 2 is 2.00 bits per heavy atom. The first-order valence-corrected chi connectivity index (χ1v) is 7.28. The first-order valence-electron chi connectivity index (χ1n) is 6.52. The van der Waals surface area contributed by atoms with Gasteiger partial charge in [0.1, 0.15) is 12.4 Å². The molecule has 5 heteroatoms. The van der Waals surface area contributed by atoms with Crippen LogP contribution in [0.2, 0.25) is 10.0 Å². The molecule has 0 aliphatic carbocycles. The molecule has 1 aromatic carbocycles. The highest BCUT2D eigenvalue weighted by atomic mass is 35.5. The van der Waals surface area contributed by atoms with Gasteiger partial charge in [-0.1, -0.05) is 30.1 Å². The van der Waals surface area contributed by atoms with Crippen molar-refractivity contribution in [2.24, 2.45) is 0 Å². The molecule has 1 aromatic rings. The molecule has 1 atom stereocenters. The van der Waals surface area contributed by atoms with E-state index in [4.69, 9.17) is 32.7 Å². The Balaban J connectivity index is 2.09. The van der Waals surface area contributed by atoms with Crippen LogP contribution >= 0.6 is 23.2 Å². The average molecular weight is 306 g/mol. The van der Waals surface area contributed by atoms with Crippen molar-refractivity contribution in [1.82, 2.24) is 5.32 Å². The lowest BCUT2D eigenvalue weighted by Crippen LogP contribution is -2.29. The maximum Gasteiger partial charge on any atom is 0.139 e. The molecule has 1 N–H and O–H groups in total. The Morgan fingerprint density at radius 1 is 1.21 bits per heavy atom. The summed E-state index contributed by atoms with van der Waals surface area (Å²) >= 11 is 11.8. The second-order valence-electron chi connectivity index (χ2n) is 4.30. The van der Waals surface area contributed by atoms with Gasteiger partial charge < -0.3 is 14.8 Å². The van der Waals surface area contributed by atoms with Crippen molar-refractivity contribution >= 4 is 23.2 Å². The van der Waals surface area contributed by atoms with Crippen LogP contribution in [0.25, 0.3) is 0 Å². The largest absolute Gasteiger partial charge is 0.490 e. The Morgan fingerprint density at radius 3 is 2.74 bits per heavy atom. The summed E-state index contributed by atoms with van der Waals surface area (Å²) in [7, 11) is 0. The molecule has 0 aliphatic heterocycles. The van der Waals surface area contributed by atoms with Gasteiger partial charge in [-0.2, -0.15) is 0 Å². The molecule has 0 saturated carbocycles. The summed E-state index contributed by atoms with van der Waals surface area (Å²) in [4.78, 5) is 0. The van der Waals surface area contributed by atoms with Gasteiger partial charge in [0.15, 0.2) is 0 Å². The van der Waals surface area contributed by atoms with Crippen LogP contribution in [0.3, 0.4) is 0 Å². The predicted octanol–water partition coefficient (Wildman–Crippen LogP) is 3.78. The highest BCUT2D eigenvalue weighted by molar-refractivity contribution is 6.34. The number of hydrogen-bond acceptors (Lipinski definition) is 3. The first-order chi connectivity index (χ1) is 9.13. The summed E-state index contributed by atoms with van der Waals surface area (Å²) in [6, 6.07) is 5.68. The third kappa shape index (κ3) is 7.02. The molecule has 0 radical (unpaired) electrons. The van der Waals surface area contributed by atoms with Crippen LogP contribution < -0.4 is 10.1 Å². The standard InChI is InChI=1S/C14H21Cl2NO2/c1-3-11(2)17-6-7-18-8-9-19-14-10-12(15)4-5-13(14)16/h4-5,10-11,17H,3,6-9H2,1-2H3/t11-/m0/s1. The molecule has 1 rings (SSSR count). The van der Waals surface area contributed by atoms with E-state index in [1.807, 2.05) is 0 Å². The van der Waals surface area contributed by atoms with E-state index < -0.39 is 0 Å². The van der Waals surface area contributed by atoms with Crippen LogP contribution in [0.4, 0.5) is 0 Å². The monoisotopic (exact) mass is 305 g/mol. The summed E-state index contributed by atoms with van der Waals surface area (Å²) in [5.41, 5.74) is 0. The summed E-state index contributed by atoms with van der Waals surface area (Å²) in [5, 5.41) is 4.52. The van der Waals surface area contributed by atoms with Crippen LogP contribution in [0.1, 0.15) is 20.3 Å². The molecule has 0 spiro atoms. The van der Waals surface area contributed by atoms with Crippen molar-refractivity contribution < 1.29 is 9.47 Å². The Hall–Kier alpha value is -0.480. The molecule has 3 nitrogen and oxygen atoms in total. The molecule has 0 saturated heterocycles. The van der Waals surface area contributed by atoms with Crippen LogP contribution in [-0.4, -0.2) is 32.4 Å². The second kappa shape index (κ2) is 9.43. The zero-order valence-corrected chi connectivity index (χ0v) is 12.9. The van der Waals surface area contributed by atoms with Gasteiger partial charge in [-0.3, -0.25) is 0 Å². The van der Waals surface area contributed by atoms with Gasteiger partial charge in [0, 0.05) is 23.7 Å². The van der Waals surface area contributed by atoms with Crippen LogP contribution in [0.5, 0.6) is 5.75 Å². The van der Waals surface area contributed by atoms with Gasteiger partial charge >= 0.3 is 0 Å². The lowest BCUT2D eigenvalue weighted by molar-refractivity contribution is 0.100. The van der Waals surface area contributed by atoms with Crippen LogP contribution in [0, 0.1) is 0 Å². The number of benzene rings is 1. The van der Waals surface area contributed by atoms with Crippen molar-refractivity contribution in [3.05, 3.63) is 28.2 Å². The minimum absolute atomic E-state index is 0.462. The molecule has 0 aromatic heterocycles. The van der Waals surface area contributed by atoms with Gasteiger partial charge in [0.05, 0.1) is 18.2 Å².